The molecular formula is C14H20N2O4. The van der Waals surface area contributed by atoms with Crippen molar-refractivity contribution in [3.8, 4) is 5.75 Å². The lowest BCUT2D eigenvalue weighted by Crippen LogP contribution is -2.44. The summed E-state index contributed by atoms with van der Waals surface area (Å²) in [6.45, 7) is 5.03. The summed E-state index contributed by atoms with van der Waals surface area (Å²) in [6, 6.07) is 4.75. The van der Waals surface area contributed by atoms with Crippen LogP contribution in [0.2, 0.25) is 0 Å². The van der Waals surface area contributed by atoms with Crippen molar-refractivity contribution < 1.29 is 19.4 Å². The van der Waals surface area contributed by atoms with Crippen LogP contribution in [-0.4, -0.2) is 30.2 Å². The number of hydrogen-bond donors (Lipinski definition) is 3. The minimum Gasteiger partial charge on any atom is -0.480 e. The third kappa shape index (κ3) is 4.24. The Kier molecular flexibility index (Phi) is 5.52. The standard InChI is InChI=1S/C14H20N2O4/c1-8-5-6-11(9(2)17)12(7-8)20-10(3)13(18)16-14(19)15-4/h5-7,9-10,17H,1-4H3,(H2,15,16,18,19)/t9-,10?/m0/s1. The average Bonchev–Trinajstić information content (AvgIpc) is 2.38. The van der Waals surface area contributed by atoms with E-state index in [1.165, 1.54) is 14.0 Å². The molecule has 0 heterocycles. The van der Waals surface area contributed by atoms with E-state index >= 15 is 0 Å². The Morgan fingerprint density at radius 3 is 2.50 bits per heavy atom. The summed E-state index contributed by atoms with van der Waals surface area (Å²) in [5, 5.41) is 14.1. The van der Waals surface area contributed by atoms with E-state index in [4.69, 9.17) is 4.74 Å². The molecule has 1 unspecified atom stereocenters. The van der Waals surface area contributed by atoms with Crippen LogP contribution >= 0.6 is 0 Å². The van der Waals surface area contributed by atoms with Crippen molar-refractivity contribution in [2.45, 2.75) is 33.0 Å². The van der Waals surface area contributed by atoms with Crippen molar-refractivity contribution in [3.63, 3.8) is 0 Å². The number of carbonyl (C=O) groups is 2. The van der Waals surface area contributed by atoms with E-state index in [0.717, 1.165) is 5.56 Å². The lowest BCUT2D eigenvalue weighted by atomic mass is 10.1. The van der Waals surface area contributed by atoms with Gasteiger partial charge in [-0.25, -0.2) is 4.79 Å². The van der Waals surface area contributed by atoms with Gasteiger partial charge in [-0.2, -0.15) is 0 Å². The van der Waals surface area contributed by atoms with Gasteiger partial charge in [0.25, 0.3) is 5.91 Å². The van der Waals surface area contributed by atoms with Crippen LogP contribution in [-0.2, 0) is 4.79 Å². The van der Waals surface area contributed by atoms with Crippen LogP contribution in [0.25, 0.3) is 0 Å². The molecule has 0 spiro atoms. The molecule has 3 amide bonds. The first-order valence-corrected chi connectivity index (χ1v) is 6.33. The highest BCUT2D eigenvalue weighted by atomic mass is 16.5. The number of urea groups is 1. The molecule has 0 aliphatic rings. The molecule has 0 bridgehead atoms. The highest BCUT2D eigenvalue weighted by Gasteiger charge is 2.19. The van der Waals surface area contributed by atoms with Gasteiger partial charge in [0, 0.05) is 12.6 Å². The third-order valence-corrected chi connectivity index (χ3v) is 2.76. The number of aryl methyl sites for hydroxylation is 1. The highest BCUT2D eigenvalue weighted by Crippen LogP contribution is 2.27. The molecule has 0 aliphatic heterocycles. The average molecular weight is 280 g/mol. The SMILES string of the molecule is CNC(=O)NC(=O)C(C)Oc1cc(C)ccc1[C@H](C)O. The number of amides is 3. The van der Waals surface area contributed by atoms with E-state index in [1.54, 1.807) is 19.1 Å². The molecule has 1 rings (SSSR count). The Morgan fingerprint density at radius 2 is 1.95 bits per heavy atom. The summed E-state index contributed by atoms with van der Waals surface area (Å²) >= 11 is 0. The molecule has 3 N–H and O–H groups in total. The van der Waals surface area contributed by atoms with Gasteiger partial charge in [-0.3, -0.25) is 10.1 Å². The monoisotopic (exact) mass is 280 g/mol. The third-order valence-electron chi connectivity index (χ3n) is 2.76. The number of aliphatic hydroxyl groups is 1. The van der Waals surface area contributed by atoms with Gasteiger partial charge in [0.1, 0.15) is 5.75 Å². The fourth-order valence-electron chi connectivity index (χ4n) is 1.61. The normalized spacial score (nSPS) is 13.2. The summed E-state index contributed by atoms with van der Waals surface area (Å²) in [6.07, 6.45) is -1.56. The van der Waals surface area contributed by atoms with Gasteiger partial charge < -0.3 is 15.2 Å². The van der Waals surface area contributed by atoms with Crippen LogP contribution in [0, 0.1) is 6.92 Å². The zero-order chi connectivity index (χ0) is 15.3. The lowest BCUT2D eigenvalue weighted by molar-refractivity contribution is -0.126. The van der Waals surface area contributed by atoms with E-state index in [9.17, 15) is 14.7 Å². The zero-order valence-electron chi connectivity index (χ0n) is 12.1. The number of ether oxygens (including phenoxy) is 1. The van der Waals surface area contributed by atoms with Crippen LogP contribution < -0.4 is 15.4 Å². The van der Waals surface area contributed by atoms with E-state index in [-0.39, 0.29) is 0 Å². The van der Waals surface area contributed by atoms with Crippen molar-refractivity contribution >= 4 is 11.9 Å². The van der Waals surface area contributed by atoms with E-state index in [2.05, 4.69) is 10.6 Å². The summed E-state index contributed by atoms with van der Waals surface area (Å²) in [5.74, 6) is -0.123. The summed E-state index contributed by atoms with van der Waals surface area (Å²) in [5.41, 5.74) is 1.54. The van der Waals surface area contributed by atoms with E-state index in [1.807, 2.05) is 13.0 Å². The van der Waals surface area contributed by atoms with Gasteiger partial charge >= 0.3 is 6.03 Å². The first kappa shape index (κ1) is 16.0. The quantitative estimate of drug-likeness (QED) is 0.775. The van der Waals surface area contributed by atoms with E-state index in [0.29, 0.717) is 11.3 Å². The minimum atomic E-state index is -0.855. The predicted octanol–water partition coefficient (Wildman–Crippen LogP) is 1.27. The largest absolute Gasteiger partial charge is 0.480 e. The fraction of sp³-hybridized carbons (Fsp3) is 0.429. The Bertz CT molecular complexity index is 500. The van der Waals surface area contributed by atoms with Crippen LogP contribution in [0.3, 0.4) is 0 Å². The molecule has 0 aliphatic carbocycles. The number of carbonyl (C=O) groups excluding carboxylic acids is 2. The van der Waals surface area contributed by atoms with Gasteiger partial charge in [0.2, 0.25) is 0 Å². The van der Waals surface area contributed by atoms with Crippen LogP contribution in [0.15, 0.2) is 18.2 Å². The number of hydrogen-bond acceptors (Lipinski definition) is 4. The van der Waals surface area contributed by atoms with Gasteiger partial charge in [0.05, 0.1) is 6.10 Å². The predicted molar refractivity (Wildman–Crippen MR) is 74.5 cm³/mol. The molecule has 0 saturated heterocycles. The number of benzene rings is 1. The van der Waals surface area contributed by atoms with E-state index < -0.39 is 24.1 Å². The molecule has 6 heteroatoms. The van der Waals surface area contributed by atoms with Crippen LogP contribution in [0.1, 0.15) is 31.1 Å². The molecule has 110 valence electrons. The second-order valence-electron chi connectivity index (χ2n) is 4.55. The topological polar surface area (TPSA) is 87.7 Å². The van der Waals surface area contributed by atoms with Gasteiger partial charge in [0.15, 0.2) is 6.10 Å². The number of rotatable bonds is 4. The number of imide groups is 1. The minimum absolute atomic E-state index is 0.430. The Balaban J connectivity index is 2.84. The first-order valence-electron chi connectivity index (χ1n) is 6.33. The van der Waals surface area contributed by atoms with Crippen molar-refractivity contribution in [2.75, 3.05) is 7.05 Å². The van der Waals surface area contributed by atoms with Crippen molar-refractivity contribution in [2.24, 2.45) is 0 Å². The number of nitrogens with one attached hydrogen (secondary N) is 2. The fourth-order valence-corrected chi connectivity index (χ4v) is 1.61. The molecule has 1 aromatic carbocycles. The smallest absolute Gasteiger partial charge is 0.321 e. The van der Waals surface area contributed by atoms with Gasteiger partial charge in [-0.15, -0.1) is 0 Å². The second kappa shape index (κ2) is 6.91. The van der Waals surface area contributed by atoms with Gasteiger partial charge in [-0.05, 0) is 32.4 Å². The Labute approximate surface area is 118 Å². The highest BCUT2D eigenvalue weighted by molar-refractivity contribution is 5.96. The maximum atomic E-state index is 11.7. The zero-order valence-corrected chi connectivity index (χ0v) is 12.1. The molecule has 0 saturated carbocycles. The van der Waals surface area contributed by atoms with Crippen LogP contribution in [0.5, 0.6) is 5.75 Å². The Morgan fingerprint density at radius 1 is 1.30 bits per heavy atom. The number of aliphatic hydroxyl groups excluding tert-OH is 1. The molecular weight excluding hydrogens is 260 g/mol. The summed E-state index contributed by atoms with van der Waals surface area (Å²) in [4.78, 5) is 22.8. The molecule has 0 aromatic heterocycles. The summed E-state index contributed by atoms with van der Waals surface area (Å²) < 4.78 is 5.54. The van der Waals surface area contributed by atoms with Crippen molar-refractivity contribution in [1.29, 1.82) is 0 Å². The molecule has 1 aromatic rings. The molecule has 6 nitrogen and oxygen atoms in total. The first-order chi connectivity index (χ1) is 9.35. The lowest BCUT2D eigenvalue weighted by Gasteiger charge is -2.18. The maximum Gasteiger partial charge on any atom is 0.321 e. The van der Waals surface area contributed by atoms with Crippen molar-refractivity contribution in [1.82, 2.24) is 10.6 Å². The second-order valence-corrected chi connectivity index (χ2v) is 4.55. The maximum absolute atomic E-state index is 11.7. The molecule has 2 atom stereocenters. The van der Waals surface area contributed by atoms with Gasteiger partial charge in [-0.1, -0.05) is 12.1 Å². The van der Waals surface area contributed by atoms with Crippen LogP contribution in [0.4, 0.5) is 4.79 Å². The molecule has 0 radical (unpaired) electrons. The Hall–Kier alpha value is -2.08. The summed E-state index contributed by atoms with van der Waals surface area (Å²) in [7, 11) is 1.42. The van der Waals surface area contributed by atoms with Crippen molar-refractivity contribution in [3.05, 3.63) is 29.3 Å². The molecule has 0 fully saturated rings. The molecule has 20 heavy (non-hydrogen) atoms.